The highest BCUT2D eigenvalue weighted by molar-refractivity contribution is 8.04. The summed E-state index contributed by atoms with van der Waals surface area (Å²) in [7, 11) is 3.14. The molecule has 0 bridgehead atoms. The Morgan fingerprint density at radius 3 is 2.39 bits per heavy atom. The van der Waals surface area contributed by atoms with Crippen molar-refractivity contribution < 1.29 is 28.8 Å². The molecular formula is C26H27N3O6S. The molecule has 9 nitrogen and oxygen atoms in total. The van der Waals surface area contributed by atoms with Gasteiger partial charge in [-0.3, -0.25) is 0 Å². The maximum Gasteiger partial charge on any atom is 0.342 e. The summed E-state index contributed by atoms with van der Waals surface area (Å²) in [6, 6.07) is 10.5. The van der Waals surface area contributed by atoms with Gasteiger partial charge in [0.25, 0.3) is 0 Å². The second-order valence-corrected chi connectivity index (χ2v) is 8.21. The molecule has 0 unspecified atom stereocenters. The zero-order valence-corrected chi connectivity index (χ0v) is 21.3. The van der Waals surface area contributed by atoms with Gasteiger partial charge in [-0.05, 0) is 61.5 Å². The number of benzene rings is 2. The molecule has 0 aliphatic heterocycles. The Kier molecular flexibility index (Phi) is 9.25. The van der Waals surface area contributed by atoms with E-state index in [0.717, 1.165) is 17.3 Å². The average Bonchev–Trinajstić information content (AvgIpc) is 3.30. The molecule has 0 atom stereocenters. The molecule has 3 rings (SSSR count). The number of carboxylic acid groups (broad SMARTS) is 1. The molecule has 0 aliphatic rings. The Labute approximate surface area is 214 Å². The SMILES string of the molecule is C#CCOc1ccc(/C=C(\Sc2nnc(-c3cc(OC)cc(OC)c3)n2CC)C(=O)O)cc1OCC. The Hall–Kier alpha value is -4.10. The second-order valence-electron chi connectivity index (χ2n) is 7.20. The maximum absolute atomic E-state index is 12.1. The number of thioether (sulfide) groups is 1. The predicted molar refractivity (Wildman–Crippen MR) is 138 cm³/mol. The number of terminal acetylenes is 1. The van der Waals surface area contributed by atoms with Gasteiger partial charge in [0.05, 0.1) is 20.8 Å². The molecule has 0 amide bonds. The molecule has 0 saturated heterocycles. The van der Waals surface area contributed by atoms with Crippen molar-refractivity contribution in [1.29, 1.82) is 0 Å². The van der Waals surface area contributed by atoms with Gasteiger partial charge in [-0.15, -0.1) is 16.6 Å². The number of nitrogens with zero attached hydrogens (tertiary/aromatic N) is 3. The number of carboxylic acids is 1. The van der Waals surface area contributed by atoms with Gasteiger partial charge in [0.15, 0.2) is 22.5 Å². The van der Waals surface area contributed by atoms with Crippen LogP contribution < -0.4 is 18.9 Å². The summed E-state index contributed by atoms with van der Waals surface area (Å²) in [5, 5.41) is 18.9. The van der Waals surface area contributed by atoms with E-state index in [4.69, 9.17) is 25.4 Å². The van der Waals surface area contributed by atoms with Crippen LogP contribution in [0.3, 0.4) is 0 Å². The standard InChI is InChI=1S/C26H27N3O6S/c1-6-11-35-21-10-9-17(12-22(21)34-8-3)13-23(25(30)31)36-26-28-27-24(29(26)7-2)18-14-19(32-4)16-20(15-18)33-5/h1,9-10,12-16H,7-8,11H2,2-5H3,(H,30,31)/b23-13-. The Morgan fingerprint density at radius 2 is 1.81 bits per heavy atom. The molecule has 10 heteroatoms. The van der Waals surface area contributed by atoms with Crippen LogP contribution in [0.15, 0.2) is 46.5 Å². The summed E-state index contributed by atoms with van der Waals surface area (Å²) < 4.78 is 23.7. The molecule has 3 aromatic rings. The largest absolute Gasteiger partial charge is 0.497 e. The lowest BCUT2D eigenvalue weighted by molar-refractivity contribution is -0.131. The van der Waals surface area contributed by atoms with Crippen LogP contribution >= 0.6 is 11.8 Å². The van der Waals surface area contributed by atoms with E-state index < -0.39 is 5.97 Å². The number of hydrogen-bond acceptors (Lipinski definition) is 8. The first kappa shape index (κ1) is 26.5. The first-order valence-electron chi connectivity index (χ1n) is 11.1. The molecule has 1 N–H and O–H groups in total. The molecule has 0 fully saturated rings. The zero-order chi connectivity index (χ0) is 26.1. The van der Waals surface area contributed by atoms with E-state index in [1.165, 1.54) is 0 Å². The third kappa shape index (κ3) is 6.31. The van der Waals surface area contributed by atoms with E-state index in [-0.39, 0.29) is 11.5 Å². The van der Waals surface area contributed by atoms with Crippen molar-refractivity contribution in [3.63, 3.8) is 0 Å². The van der Waals surface area contributed by atoms with Crippen LogP contribution in [0.5, 0.6) is 23.0 Å². The summed E-state index contributed by atoms with van der Waals surface area (Å²) in [6.45, 7) is 4.81. The number of methoxy groups -OCH3 is 2. The molecule has 2 aromatic carbocycles. The van der Waals surface area contributed by atoms with Gasteiger partial charge in [-0.1, -0.05) is 12.0 Å². The monoisotopic (exact) mass is 509 g/mol. The van der Waals surface area contributed by atoms with E-state index in [9.17, 15) is 9.90 Å². The fraction of sp³-hybridized carbons (Fsp3) is 0.269. The molecule has 0 aliphatic carbocycles. The van der Waals surface area contributed by atoms with E-state index in [0.29, 0.717) is 52.7 Å². The van der Waals surface area contributed by atoms with Gasteiger partial charge in [-0.25, -0.2) is 4.79 Å². The van der Waals surface area contributed by atoms with Crippen molar-refractivity contribution in [1.82, 2.24) is 14.8 Å². The van der Waals surface area contributed by atoms with Crippen LogP contribution in [0, 0.1) is 12.3 Å². The third-order valence-corrected chi connectivity index (χ3v) is 5.93. The van der Waals surface area contributed by atoms with Crippen LogP contribution in [0.2, 0.25) is 0 Å². The van der Waals surface area contributed by atoms with Crippen molar-refractivity contribution in [3.8, 4) is 46.7 Å². The number of hydrogen-bond donors (Lipinski definition) is 1. The predicted octanol–water partition coefficient (Wildman–Crippen LogP) is 4.61. The summed E-state index contributed by atoms with van der Waals surface area (Å²) in [4.78, 5) is 12.2. The topological polar surface area (TPSA) is 105 Å². The summed E-state index contributed by atoms with van der Waals surface area (Å²) in [6.07, 6.45) is 6.82. The van der Waals surface area contributed by atoms with Crippen LogP contribution in [-0.2, 0) is 11.3 Å². The highest BCUT2D eigenvalue weighted by Gasteiger charge is 2.19. The highest BCUT2D eigenvalue weighted by atomic mass is 32.2. The van der Waals surface area contributed by atoms with Crippen LogP contribution in [0.4, 0.5) is 0 Å². The minimum atomic E-state index is -1.10. The van der Waals surface area contributed by atoms with Gasteiger partial charge in [0.1, 0.15) is 23.0 Å². The smallest absolute Gasteiger partial charge is 0.342 e. The number of carbonyl (C=O) groups is 1. The van der Waals surface area contributed by atoms with Crippen LogP contribution in [0.25, 0.3) is 17.5 Å². The van der Waals surface area contributed by atoms with E-state index >= 15 is 0 Å². The maximum atomic E-state index is 12.1. The summed E-state index contributed by atoms with van der Waals surface area (Å²) in [5.74, 6) is 4.05. The molecular weight excluding hydrogens is 482 g/mol. The van der Waals surface area contributed by atoms with Gasteiger partial charge < -0.3 is 28.6 Å². The molecule has 36 heavy (non-hydrogen) atoms. The second kappa shape index (κ2) is 12.6. The van der Waals surface area contributed by atoms with Crippen LogP contribution in [-0.4, -0.2) is 53.3 Å². The van der Waals surface area contributed by atoms with Crippen LogP contribution in [0.1, 0.15) is 19.4 Å². The molecule has 1 heterocycles. The molecule has 0 radical (unpaired) electrons. The van der Waals surface area contributed by atoms with Crippen molar-refractivity contribution in [2.45, 2.75) is 25.5 Å². The molecule has 1 aromatic heterocycles. The molecule has 0 saturated carbocycles. The highest BCUT2D eigenvalue weighted by Crippen LogP contribution is 2.35. The minimum Gasteiger partial charge on any atom is -0.497 e. The van der Waals surface area contributed by atoms with Crippen molar-refractivity contribution in [2.75, 3.05) is 27.4 Å². The van der Waals surface area contributed by atoms with Gasteiger partial charge in [-0.2, -0.15) is 0 Å². The minimum absolute atomic E-state index is 0.0617. The number of ether oxygens (including phenoxy) is 4. The number of aliphatic carboxylic acids is 1. The summed E-state index contributed by atoms with van der Waals surface area (Å²) in [5.41, 5.74) is 1.36. The van der Waals surface area contributed by atoms with Crippen molar-refractivity contribution in [3.05, 3.63) is 46.9 Å². The van der Waals surface area contributed by atoms with E-state index in [1.807, 2.05) is 30.5 Å². The molecule has 0 spiro atoms. The Bertz CT molecular complexity index is 1270. The Balaban J connectivity index is 1.97. The number of rotatable bonds is 12. The lowest BCUT2D eigenvalue weighted by Gasteiger charge is -2.12. The normalized spacial score (nSPS) is 11.0. The quantitative estimate of drug-likeness (QED) is 0.213. The van der Waals surface area contributed by atoms with Gasteiger partial charge >= 0.3 is 5.97 Å². The van der Waals surface area contributed by atoms with Crippen molar-refractivity contribution >= 4 is 23.8 Å². The third-order valence-electron chi connectivity index (χ3n) is 4.93. The fourth-order valence-electron chi connectivity index (χ4n) is 3.31. The molecule has 188 valence electrons. The van der Waals surface area contributed by atoms with Gasteiger partial charge in [0.2, 0.25) is 0 Å². The average molecular weight is 510 g/mol. The van der Waals surface area contributed by atoms with E-state index in [1.54, 1.807) is 44.6 Å². The first-order valence-corrected chi connectivity index (χ1v) is 11.9. The zero-order valence-electron chi connectivity index (χ0n) is 20.5. The Morgan fingerprint density at radius 1 is 1.08 bits per heavy atom. The van der Waals surface area contributed by atoms with Gasteiger partial charge in [0, 0.05) is 18.2 Å². The van der Waals surface area contributed by atoms with E-state index in [2.05, 4.69) is 16.1 Å². The first-order chi connectivity index (χ1) is 17.4. The summed E-state index contributed by atoms with van der Waals surface area (Å²) >= 11 is 1.01. The van der Waals surface area contributed by atoms with Crippen molar-refractivity contribution in [2.24, 2.45) is 0 Å². The number of aromatic nitrogens is 3. The fourth-order valence-corrected chi connectivity index (χ4v) is 4.19. The lowest BCUT2D eigenvalue weighted by Crippen LogP contribution is -2.03. The lowest BCUT2D eigenvalue weighted by atomic mass is 10.2.